The quantitative estimate of drug-likeness (QED) is 0.396. The van der Waals surface area contributed by atoms with Crippen LogP contribution in [0, 0.1) is 0 Å². The fourth-order valence-corrected chi connectivity index (χ4v) is 4.65. The summed E-state index contributed by atoms with van der Waals surface area (Å²) in [5, 5.41) is 8.18. The van der Waals surface area contributed by atoms with E-state index in [0.717, 1.165) is 12.8 Å². The van der Waals surface area contributed by atoms with Crippen molar-refractivity contribution in [3.63, 3.8) is 0 Å². The lowest BCUT2D eigenvalue weighted by Crippen LogP contribution is -2.52. The number of hydrogen-bond acceptors (Lipinski definition) is 7. The lowest BCUT2D eigenvalue weighted by molar-refractivity contribution is -0.135. The second-order valence-electron chi connectivity index (χ2n) is 9.46. The number of fused-ring (bicyclic) bond motifs is 1. The summed E-state index contributed by atoms with van der Waals surface area (Å²) in [6.07, 6.45) is 1.89. The highest BCUT2D eigenvalue weighted by atomic mass is 16.5. The Hall–Kier alpha value is -3.67. The van der Waals surface area contributed by atoms with Crippen LogP contribution in [-0.2, 0) is 23.9 Å². The third-order valence-electron chi connectivity index (χ3n) is 6.62. The van der Waals surface area contributed by atoms with Crippen LogP contribution < -0.4 is 26.4 Å². The lowest BCUT2D eigenvalue weighted by atomic mass is 10.1. The molecule has 12 nitrogen and oxygen atoms in total. The number of rotatable bonds is 6. The van der Waals surface area contributed by atoms with Crippen LogP contribution in [0.2, 0.25) is 0 Å². The number of hydrogen-bond donors (Lipinski definition) is 4. The largest absolute Gasteiger partial charge is 0.493 e. The normalized spacial score (nSPS) is 23.4. The molecule has 2 heterocycles. The van der Waals surface area contributed by atoms with Crippen molar-refractivity contribution in [2.75, 3.05) is 33.4 Å². The highest BCUT2D eigenvalue weighted by Gasteiger charge is 2.35. The molecule has 0 bridgehead atoms. The van der Waals surface area contributed by atoms with Gasteiger partial charge >= 0.3 is 0 Å². The number of amides is 5. The number of primary amides is 1. The molecular formula is C26H37N5O7. The van der Waals surface area contributed by atoms with Crippen LogP contribution in [-0.4, -0.2) is 86.0 Å². The van der Waals surface area contributed by atoms with E-state index in [1.54, 1.807) is 36.3 Å². The summed E-state index contributed by atoms with van der Waals surface area (Å²) in [6, 6.07) is 4.65. The maximum atomic E-state index is 13.6. The molecule has 0 spiro atoms. The predicted molar refractivity (Wildman–Crippen MR) is 137 cm³/mol. The number of para-hydroxylation sites is 1. The Morgan fingerprint density at radius 2 is 1.92 bits per heavy atom. The van der Waals surface area contributed by atoms with E-state index >= 15 is 0 Å². The molecule has 2 aliphatic rings. The molecule has 0 saturated carbocycles. The van der Waals surface area contributed by atoms with Crippen LogP contribution in [0.15, 0.2) is 24.3 Å². The third kappa shape index (κ3) is 8.17. The Balaban J connectivity index is 1.84. The second-order valence-corrected chi connectivity index (χ2v) is 9.46. The van der Waals surface area contributed by atoms with Gasteiger partial charge in [-0.3, -0.25) is 24.0 Å². The van der Waals surface area contributed by atoms with Crippen LogP contribution in [0.4, 0.5) is 0 Å². The molecule has 12 heteroatoms. The number of methoxy groups -OCH3 is 1. The van der Waals surface area contributed by atoms with E-state index in [1.807, 2.05) is 0 Å². The molecule has 5 N–H and O–H groups in total. The first kappa shape index (κ1) is 28.9. The third-order valence-corrected chi connectivity index (χ3v) is 6.62. The summed E-state index contributed by atoms with van der Waals surface area (Å²) in [6.45, 7) is 1.39. The summed E-state index contributed by atoms with van der Waals surface area (Å²) in [4.78, 5) is 65.3. The van der Waals surface area contributed by atoms with Gasteiger partial charge in [0.25, 0.3) is 5.91 Å². The molecule has 1 fully saturated rings. The summed E-state index contributed by atoms with van der Waals surface area (Å²) in [5.74, 6) is -1.93. The first-order valence-corrected chi connectivity index (χ1v) is 13.0. The number of nitrogens with two attached hydrogens (primary N) is 1. The lowest BCUT2D eigenvalue weighted by Gasteiger charge is -2.29. The van der Waals surface area contributed by atoms with E-state index in [1.165, 1.54) is 0 Å². The number of nitrogens with one attached hydrogen (secondary N) is 3. The molecule has 1 saturated heterocycles. The van der Waals surface area contributed by atoms with Gasteiger partial charge < -0.3 is 36.1 Å². The van der Waals surface area contributed by atoms with Crippen LogP contribution >= 0.6 is 0 Å². The first-order chi connectivity index (χ1) is 18.3. The van der Waals surface area contributed by atoms with E-state index in [-0.39, 0.29) is 56.3 Å². The van der Waals surface area contributed by atoms with Crippen molar-refractivity contribution >= 4 is 29.5 Å². The minimum atomic E-state index is -0.982. The standard InChI is InChI=1S/C26H37N5O7/c1-37-16-17-6-4-14-31(17)26(36)20-10-12-23(33)29-19(9-11-22(27)32)25(35)28-13-5-15-38-21-8-3-2-7-18(21)24(34)30-20/h2-3,7-8,17,19-20H,4-6,9-16H2,1H3,(H2,27,32)(H,28,35)(H,29,33)(H,30,34)/t17-,19-,20-/m0/s1. The van der Waals surface area contributed by atoms with Gasteiger partial charge in [0.15, 0.2) is 0 Å². The molecule has 38 heavy (non-hydrogen) atoms. The molecule has 0 aromatic heterocycles. The Morgan fingerprint density at radius 3 is 2.68 bits per heavy atom. The van der Waals surface area contributed by atoms with E-state index in [2.05, 4.69) is 16.0 Å². The Kier molecular flexibility index (Phi) is 10.9. The molecule has 3 rings (SSSR count). The van der Waals surface area contributed by atoms with E-state index in [0.29, 0.717) is 25.3 Å². The zero-order valence-electron chi connectivity index (χ0n) is 21.7. The van der Waals surface area contributed by atoms with Gasteiger partial charge in [-0.15, -0.1) is 0 Å². The minimum absolute atomic E-state index is 0.0137. The van der Waals surface area contributed by atoms with Gasteiger partial charge in [0.05, 0.1) is 24.8 Å². The Bertz CT molecular complexity index is 1020. The van der Waals surface area contributed by atoms with Crippen molar-refractivity contribution in [2.45, 2.75) is 63.1 Å². The maximum Gasteiger partial charge on any atom is 0.255 e. The number of nitrogens with zero attached hydrogens (tertiary/aromatic N) is 1. The summed E-state index contributed by atoms with van der Waals surface area (Å²) < 4.78 is 11.1. The zero-order valence-corrected chi connectivity index (χ0v) is 21.7. The van der Waals surface area contributed by atoms with Gasteiger partial charge in [-0.05, 0) is 44.2 Å². The van der Waals surface area contributed by atoms with E-state index < -0.39 is 35.7 Å². The number of carbonyl (C=O) groups excluding carboxylic acids is 5. The molecule has 5 amide bonds. The molecule has 0 radical (unpaired) electrons. The molecular weight excluding hydrogens is 494 g/mol. The highest BCUT2D eigenvalue weighted by Crippen LogP contribution is 2.22. The van der Waals surface area contributed by atoms with Crippen LogP contribution in [0.5, 0.6) is 5.75 Å². The van der Waals surface area contributed by atoms with Crippen molar-refractivity contribution in [3.05, 3.63) is 29.8 Å². The molecule has 208 valence electrons. The maximum absolute atomic E-state index is 13.6. The molecule has 1 aromatic rings. The molecule has 0 aliphatic carbocycles. The molecule has 2 aliphatic heterocycles. The van der Waals surface area contributed by atoms with Crippen LogP contribution in [0.25, 0.3) is 0 Å². The van der Waals surface area contributed by atoms with Gasteiger partial charge in [0, 0.05) is 33.0 Å². The molecule has 0 unspecified atom stereocenters. The topological polar surface area (TPSA) is 169 Å². The zero-order chi connectivity index (χ0) is 27.5. The average Bonchev–Trinajstić information content (AvgIpc) is 3.36. The second kappa shape index (κ2) is 14.3. The van der Waals surface area contributed by atoms with E-state index in [4.69, 9.17) is 15.2 Å². The van der Waals surface area contributed by atoms with Gasteiger partial charge in [0.2, 0.25) is 23.6 Å². The predicted octanol–water partition coefficient (Wildman–Crippen LogP) is -0.148. The SMILES string of the molecule is COC[C@@H]1CCCN1C(=O)[C@@H]1CCC(=O)N[C@@H](CCC(N)=O)C(=O)NCCCOc2ccccc2C(=O)N1. The van der Waals surface area contributed by atoms with Crippen molar-refractivity contribution in [1.82, 2.24) is 20.9 Å². The average molecular weight is 532 g/mol. The molecule has 1 aromatic carbocycles. The van der Waals surface area contributed by atoms with Crippen LogP contribution in [0.3, 0.4) is 0 Å². The smallest absolute Gasteiger partial charge is 0.255 e. The fraction of sp³-hybridized carbons (Fsp3) is 0.577. The first-order valence-electron chi connectivity index (χ1n) is 13.0. The van der Waals surface area contributed by atoms with Gasteiger partial charge in [-0.1, -0.05) is 12.1 Å². The highest BCUT2D eigenvalue weighted by molar-refractivity contribution is 6.00. The fourth-order valence-electron chi connectivity index (χ4n) is 4.65. The Labute approximate surface area is 222 Å². The summed E-state index contributed by atoms with van der Waals surface area (Å²) >= 11 is 0. The van der Waals surface area contributed by atoms with Crippen molar-refractivity contribution in [1.29, 1.82) is 0 Å². The van der Waals surface area contributed by atoms with Gasteiger partial charge in [-0.2, -0.15) is 0 Å². The van der Waals surface area contributed by atoms with Crippen molar-refractivity contribution in [2.24, 2.45) is 5.73 Å². The number of benzene rings is 1. The minimum Gasteiger partial charge on any atom is -0.493 e. The van der Waals surface area contributed by atoms with Crippen LogP contribution in [0.1, 0.15) is 55.3 Å². The van der Waals surface area contributed by atoms with Gasteiger partial charge in [-0.25, -0.2) is 0 Å². The number of likely N-dealkylation sites (tertiary alicyclic amines) is 1. The number of carbonyl (C=O) groups is 5. The van der Waals surface area contributed by atoms with E-state index in [9.17, 15) is 24.0 Å². The summed E-state index contributed by atoms with van der Waals surface area (Å²) in [5.41, 5.74) is 5.51. The van der Waals surface area contributed by atoms with Gasteiger partial charge in [0.1, 0.15) is 17.8 Å². The Morgan fingerprint density at radius 1 is 1.13 bits per heavy atom. The summed E-state index contributed by atoms with van der Waals surface area (Å²) in [7, 11) is 1.57. The van der Waals surface area contributed by atoms with Crippen molar-refractivity contribution in [3.8, 4) is 5.75 Å². The number of ether oxygens (including phenoxy) is 2. The monoisotopic (exact) mass is 531 g/mol. The van der Waals surface area contributed by atoms with Crippen molar-refractivity contribution < 1.29 is 33.4 Å². The molecule has 3 atom stereocenters.